The van der Waals surface area contributed by atoms with E-state index in [1.807, 2.05) is 6.07 Å². The van der Waals surface area contributed by atoms with Gasteiger partial charge in [0, 0.05) is 20.3 Å². The van der Waals surface area contributed by atoms with E-state index < -0.39 is 0 Å². The summed E-state index contributed by atoms with van der Waals surface area (Å²) in [6.45, 7) is 2.59. The Morgan fingerprint density at radius 2 is 1.95 bits per heavy atom. The van der Waals surface area contributed by atoms with Crippen LogP contribution in [0, 0.1) is 0 Å². The van der Waals surface area contributed by atoms with Crippen LogP contribution in [0.5, 0.6) is 11.5 Å². The summed E-state index contributed by atoms with van der Waals surface area (Å²) in [6.07, 6.45) is 6.25. The van der Waals surface area contributed by atoms with E-state index in [9.17, 15) is 0 Å². The summed E-state index contributed by atoms with van der Waals surface area (Å²) in [7, 11) is 3.43. The number of ether oxygens (including phenoxy) is 3. The molecule has 4 heteroatoms. The minimum Gasteiger partial charge on any atom is -0.493 e. The zero-order chi connectivity index (χ0) is 14.9. The van der Waals surface area contributed by atoms with Gasteiger partial charge in [-0.2, -0.15) is 0 Å². The Morgan fingerprint density at radius 3 is 2.67 bits per heavy atom. The molecule has 2 rings (SSSR count). The first-order valence-electron chi connectivity index (χ1n) is 7.86. The van der Waals surface area contributed by atoms with Crippen molar-refractivity contribution in [1.82, 2.24) is 5.32 Å². The molecule has 0 atom stereocenters. The van der Waals surface area contributed by atoms with Crippen molar-refractivity contribution < 1.29 is 14.2 Å². The van der Waals surface area contributed by atoms with Gasteiger partial charge in [-0.3, -0.25) is 0 Å². The van der Waals surface area contributed by atoms with Gasteiger partial charge in [0.05, 0.1) is 13.2 Å². The number of nitrogens with one attached hydrogen (secondary N) is 1. The van der Waals surface area contributed by atoms with Crippen molar-refractivity contribution >= 4 is 0 Å². The highest BCUT2D eigenvalue weighted by Crippen LogP contribution is 2.32. The van der Waals surface area contributed by atoms with Crippen LogP contribution < -0.4 is 14.8 Å². The van der Waals surface area contributed by atoms with E-state index in [0.717, 1.165) is 50.5 Å². The van der Waals surface area contributed by atoms with E-state index in [2.05, 4.69) is 17.4 Å². The monoisotopic (exact) mass is 293 g/mol. The highest BCUT2D eigenvalue weighted by Gasteiger charge is 2.18. The molecule has 1 N–H and O–H groups in total. The Bertz CT molecular complexity index is 416. The lowest BCUT2D eigenvalue weighted by molar-refractivity contribution is 0.194. The van der Waals surface area contributed by atoms with Crippen molar-refractivity contribution in [1.29, 1.82) is 0 Å². The molecule has 118 valence electrons. The van der Waals surface area contributed by atoms with Crippen LogP contribution in [0.25, 0.3) is 0 Å². The van der Waals surface area contributed by atoms with Crippen molar-refractivity contribution in [3.63, 3.8) is 0 Å². The van der Waals surface area contributed by atoms with E-state index in [4.69, 9.17) is 14.2 Å². The average molecular weight is 293 g/mol. The Labute approximate surface area is 127 Å². The fourth-order valence-electron chi connectivity index (χ4n) is 2.68. The van der Waals surface area contributed by atoms with Crippen molar-refractivity contribution in [3.8, 4) is 11.5 Å². The summed E-state index contributed by atoms with van der Waals surface area (Å²) < 4.78 is 16.5. The quantitative estimate of drug-likeness (QED) is 0.710. The summed E-state index contributed by atoms with van der Waals surface area (Å²) >= 11 is 0. The predicted molar refractivity (Wildman–Crippen MR) is 84.1 cm³/mol. The highest BCUT2D eigenvalue weighted by atomic mass is 16.5. The molecule has 0 unspecified atom stereocenters. The Balaban J connectivity index is 1.86. The molecule has 0 saturated heterocycles. The van der Waals surface area contributed by atoms with E-state index in [-0.39, 0.29) is 0 Å². The van der Waals surface area contributed by atoms with Crippen molar-refractivity contribution in [2.75, 3.05) is 27.4 Å². The number of rotatable bonds is 9. The van der Waals surface area contributed by atoms with Crippen LogP contribution in [0.1, 0.15) is 37.7 Å². The molecule has 1 fully saturated rings. The number of methoxy groups -OCH3 is 2. The smallest absolute Gasteiger partial charge is 0.161 e. The second-order valence-corrected chi connectivity index (χ2v) is 5.53. The van der Waals surface area contributed by atoms with Gasteiger partial charge in [-0.1, -0.05) is 6.07 Å². The Morgan fingerprint density at radius 1 is 1.14 bits per heavy atom. The molecule has 1 saturated carbocycles. The minimum absolute atomic E-state index is 0.358. The maximum atomic E-state index is 6.05. The first-order chi connectivity index (χ1) is 10.3. The van der Waals surface area contributed by atoms with E-state index in [1.54, 1.807) is 14.2 Å². The first kappa shape index (κ1) is 16.1. The van der Waals surface area contributed by atoms with Gasteiger partial charge < -0.3 is 19.5 Å². The second-order valence-electron chi connectivity index (χ2n) is 5.53. The highest BCUT2D eigenvalue weighted by molar-refractivity contribution is 5.43. The SMILES string of the molecule is COCCCNCc1ccc(OC2CCCC2)c(OC)c1. The molecule has 1 aliphatic carbocycles. The second kappa shape index (κ2) is 8.90. The van der Waals surface area contributed by atoms with Crippen LogP contribution in [0.15, 0.2) is 18.2 Å². The van der Waals surface area contributed by atoms with Gasteiger partial charge in [0.2, 0.25) is 0 Å². The molecule has 4 nitrogen and oxygen atoms in total. The third kappa shape index (κ3) is 5.21. The summed E-state index contributed by atoms with van der Waals surface area (Å²) in [5.74, 6) is 1.70. The summed E-state index contributed by atoms with van der Waals surface area (Å²) in [4.78, 5) is 0. The molecule has 0 radical (unpaired) electrons. The van der Waals surface area contributed by atoms with Crippen LogP contribution in [-0.4, -0.2) is 33.5 Å². The maximum absolute atomic E-state index is 6.05. The van der Waals surface area contributed by atoms with Gasteiger partial charge in [0.15, 0.2) is 11.5 Å². The molecule has 0 amide bonds. The largest absolute Gasteiger partial charge is 0.493 e. The van der Waals surface area contributed by atoms with E-state index in [1.165, 1.54) is 18.4 Å². The number of hydrogen-bond donors (Lipinski definition) is 1. The number of benzene rings is 1. The van der Waals surface area contributed by atoms with Crippen LogP contribution in [0.2, 0.25) is 0 Å². The zero-order valence-corrected chi connectivity index (χ0v) is 13.2. The predicted octanol–water partition coefficient (Wildman–Crippen LogP) is 3.14. The molecule has 1 aliphatic rings. The van der Waals surface area contributed by atoms with Gasteiger partial charge in [-0.05, 0) is 56.3 Å². The molecule has 1 aromatic rings. The zero-order valence-electron chi connectivity index (χ0n) is 13.2. The van der Waals surface area contributed by atoms with Gasteiger partial charge >= 0.3 is 0 Å². The minimum atomic E-state index is 0.358. The van der Waals surface area contributed by atoms with Gasteiger partial charge in [-0.25, -0.2) is 0 Å². The molecular weight excluding hydrogens is 266 g/mol. The fourth-order valence-corrected chi connectivity index (χ4v) is 2.68. The fraction of sp³-hybridized carbons (Fsp3) is 0.647. The Kier molecular flexibility index (Phi) is 6.83. The molecular formula is C17H27NO3. The first-order valence-corrected chi connectivity index (χ1v) is 7.86. The molecule has 0 spiro atoms. The molecule has 0 aromatic heterocycles. The van der Waals surface area contributed by atoms with Crippen LogP contribution >= 0.6 is 0 Å². The molecule has 1 aromatic carbocycles. The lowest BCUT2D eigenvalue weighted by Crippen LogP contribution is -2.16. The molecule has 21 heavy (non-hydrogen) atoms. The van der Waals surface area contributed by atoms with Crippen LogP contribution in [-0.2, 0) is 11.3 Å². The molecule has 0 bridgehead atoms. The van der Waals surface area contributed by atoms with Gasteiger partial charge in [0.25, 0.3) is 0 Å². The number of hydrogen-bond acceptors (Lipinski definition) is 4. The normalized spacial score (nSPS) is 15.3. The maximum Gasteiger partial charge on any atom is 0.161 e. The van der Waals surface area contributed by atoms with Crippen molar-refractivity contribution in [3.05, 3.63) is 23.8 Å². The van der Waals surface area contributed by atoms with Gasteiger partial charge in [0.1, 0.15) is 0 Å². The summed E-state index contributed by atoms with van der Waals surface area (Å²) in [5, 5.41) is 3.40. The van der Waals surface area contributed by atoms with Gasteiger partial charge in [-0.15, -0.1) is 0 Å². The molecule has 0 heterocycles. The van der Waals surface area contributed by atoms with Crippen LogP contribution in [0.4, 0.5) is 0 Å². The lowest BCUT2D eigenvalue weighted by atomic mass is 10.2. The van der Waals surface area contributed by atoms with E-state index >= 15 is 0 Å². The summed E-state index contributed by atoms with van der Waals surface area (Å²) in [6, 6.07) is 6.20. The standard InChI is InChI=1S/C17H27NO3/c1-19-11-5-10-18-13-14-8-9-16(17(12-14)20-2)21-15-6-3-4-7-15/h8-9,12,15,18H,3-7,10-11,13H2,1-2H3. The molecule has 0 aliphatic heterocycles. The Hall–Kier alpha value is -1.26. The van der Waals surface area contributed by atoms with Crippen molar-refractivity contribution in [2.45, 2.75) is 44.8 Å². The van der Waals surface area contributed by atoms with Crippen LogP contribution in [0.3, 0.4) is 0 Å². The van der Waals surface area contributed by atoms with Crippen molar-refractivity contribution in [2.24, 2.45) is 0 Å². The van der Waals surface area contributed by atoms with E-state index in [0.29, 0.717) is 6.10 Å². The summed E-state index contributed by atoms with van der Waals surface area (Å²) in [5.41, 5.74) is 1.21. The topological polar surface area (TPSA) is 39.7 Å². The average Bonchev–Trinajstić information content (AvgIpc) is 3.01. The third-order valence-electron chi connectivity index (χ3n) is 3.86. The lowest BCUT2D eigenvalue weighted by Gasteiger charge is -2.16. The third-order valence-corrected chi connectivity index (χ3v) is 3.86.